The maximum Gasteiger partial charge on any atom is 0.276 e. The molecule has 0 spiro atoms. The highest BCUT2D eigenvalue weighted by Gasteiger charge is 2.14. The molecule has 0 unspecified atom stereocenters. The van der Waals surface area contributed by atoms with Crippen LogP contribution in [0.4, 0.5) is 5.69 Å². The molecule has 0 radical (unpaired) electrons. The Morgan fingerprint density at radius 2 is 1.79 bits per heavy atom. The van der Waals surface area contributed by atoms with Gasteiger partial charge in [0.1, 0.15) is 5.69 Å². The first-order valence-electron chi connectivity index (χ1n) is 10.4. The second-order valence-corrected chi connectivity index (χ2v) is 8.81. The Labute approximate surface area is 198 Å². The molecule has 3 aromatic carbocycles. The second kappa shape index (κ2) is 9.05. The van der Waals surface area contributed by atoms with Crippen LogP contribution < -0.4 is 10.6 Å². The van der Waals surface area contributed by atoms with Gasteiger partial charge in [-0.2, -0.15) is 4.37 Å². The zero-order valence-corrected chi connectivity index (χ0v) is 19.0. The molecule has 2 amide bonds. The minimum atomic E-state index is -0.275. The van der Waals surface area contributed by atoms with E-state index in [1.165, 1.54) is 11.5 Å². The van der Waals surface area contributed by atoms with Crippen molar-refractivity contribution in [3.8, 4) is 0 Å². The molecule has 0 atom stereocenters. The molecule has 2 aromatic heterocycles. The van der Waals surface area contributed by atoms with E-state index in [1.54, 1.807) is 24.3 Å². The molecule has 0 aliphatic carbocycles. The van der Waals surface area contributed by atoms with Crippen LogP contribution in [0.1, 0.15) is 26.4 Å². The topological polar surface area (TPSA) is 86.9 Å². The van der Waals surface area contributed by atoms with Gasteiger partial charge in [-0.15, -0.1) is 0 Å². The highest BCUT2D eigenvalue weighted by Crippen LogP contribution is 2.24. The van der Waals surface area contributed by atoms with E-state index in [9.17, 15) is 9.59 Å². The number of benzene rings is 3. The molecule has 8 heteroatoms. The van der Waals surface area contributed by atoms with Crippen LogP contribution in [0.2, 0.25) is 5.02 Å². The fourth-order valence-electron chi connectivity index (χ4n) is 3.72. The number of hydrogen-bond acceptors (Lipinski definition) is 4. The van der Waals surface area contributed by atoms with Crippen LogP contribution in [-0.2, 0) is 6.42 Å². The van der Waals surface area contributed by atoms with Gasteiger partial charge >= 0.3 is 0 Å². The van der Waals surface area contributed by atoms with Crippen molar-refractivity contribution in [1.29, 1.82) is 0 Å². The van der Waals surface area contributed by atoms with Crippen LogP contribution in [0.5, 0.6) is 0 Å². The van der Waals surface area contributed by atoms with E-state index in [4.69, 9.17) is 11.6 Å². The summed E-state index contributed by atoms with van der Waals surface area (Å²) in [6, 6.07) is 20.1. The first-order chi connectivity index (χ1) is 16.1. The van der Waals surface area contributed by atoms with Gasteiger partial charge in [0.2, 0.25) is 0 Å². The van der Waals surface area contributed by atoms with Crippen LogP contribution in [0.15, 0.2) is 72.9 Å². The molecule has 5 aromatic rings. The van der Waals surface area contributed by atoms with Gasteiger partial charge < -0.3 is 15.6 Å². The summed E-state index contributed by atoms with van der Waals surface area (Å²) in [4.78, 5) is 28.4. The number of aromatic nitrogens is 2. The molecule has 0 fully saturated rings. The summed E-state index contributed by atoms with van der Waals surface area (Å²) >= 11 is 7.39. The number of carbonyl (C=O) groups excluding carboxylic acids is 2. The van der Waals surface area contributed by atoms with Crippen molar-refractivity contribution in [2.24, 2.45) is 0 Å². The number of carbonyl (C=O) groups is 2. The third kappa shape index (κ3) is 4.46. The van der Waals surface area contributed by atoms with Gasteiger partial charge in [-0.3, -0.25) is 9.59 Å². The van der Waals surface area contributed by atoms with E-state index < -0.39 is 0 Å². The molecule has 0 saturated carbocycles. The van der Waals surface area contributed by atoms with Gasteiger partial charge in [0.25, 0.3) is 11.8 Å². The maximum absolute atomic E-state index is 12.6. The largest absolute Gasteiger partial charge is 0.361 e. The summed E-state index contributed by atoms with van der Waals surface area (Å²) in [5.41, 5.74) is 3.64. The highest BCUT2D eigenvalue weighted by molar-refractivity contribution is 7.13. The van der Waals surface area contributed by atoms with E-state index in [0.29, 0.717) is 34.9 Å². The molecule has 2 heterocycles. The number of amides is 2. The summed E-state index contributed by atoms with van der Waals surface area (Å²) < 4.78 is 5.23. The lowest BCUT2D eigenvalue weighted by atomic mass is 10.1. The standard InChI is InChI=1S/C25H19ClN4O2S/c26-17-7-10-21-20(13-17)16(14-28-21)11-12-27-24(31)15-5-8-18(9-6-15)29-25(32)23-19-3-1-2-4-22(19)33-30-23/h1-10,13-14,28H,11-12H2,(H,27,31)(H,29,32). The molecule has 0 aliphatic heterocycles. The summed E-state index contributed by atoms with van der Waals surface area (Å²) in [6.07, 6.45) is 2.62. The zero-order chi connectivity index (χ0) is 22.8. The van der Waals surface area contributed by atoms with E-state index in [0.717, 1.165) is 26.6 Å². The first-order valence-corrected chi connectivity index (χ1v) is 11.5. The predicted octanol–water partition coefficient (Wildman–Crippen LogP) is 5.66. The Balaban J connectivity index is 1.19. The molecule has 33 heavy (non-hydrogen) atoms. The van der Waals surface area contributed by atoms with Crippen molar-refractivity contribution in [1.82, 2.24) is 14.7 Å². The van der Waals surface area contributed by atoms with E-state index in [-0.39, 0.29) is 11.8 Å². The Morgan fingerprint density at radius 3 is 2.64 bits per heavy atom. The molecule has 0 bridgehead atoms. The number of aromatic amines is 1. The Morgan fingerprint density at radius 1 is 0.970 bits per heavy atom. The highest BCUT2D eigenvalue weighted by atomic mass is 35.5. The molecule has 0 saturated heterocycles. The van der Waals surface area contributed by atoms with Gasteiger partial charge in [0.05, 0.1) is 4.70 Å². The van der Waals surface area contributed by atoms with Gasteiger partial charge in [-0.25, -0.2) is 0 Å². The van der Waals surface area contributed by atoms with Gasteiger partial charge in [-0.05, 0) is 72.0 Å². The second-order valence-electron chi connectivity index (χ2n) is 7.57. The maximum atomic E-state index is 12.6. The van der Waals surface area contributed by atoms with Crippen molar-refractivity contribution in [2.45, 2.75) is 6.42 Å². The van der Waals surface area contributed by atoms with Crippen molar-refractivity contribution in [3.05, 3.63) is 94.8 Å². The van der Waals surface area contributed by atoms with Crippen molar-refractivity contribution in [3.63, 3.8) is 0 Å². The number of H-pyrrole nitrogens is 1. The lowest BCUT2D eigenvalue weighted by molar-refractivity contribution is 0.0953. The van der Waals surface area contributed by atoms with Crippen LogP contribution >= 0.6 is 23.1 Å². The molecular formula is C25H19ClN4O2S. The number of anilines is 1. The summed E-state index contributed by atoms with van der Waals surface area (Å²) in [7, 11) is 0. The minimum Gasteiger partial charge on any atom is -0.361 e. The quantitative estimate of drug-likeness (QED) is 0.297. The van der Waals surface area contributed by atoms with Crippen molar-refractivity contribution < 1.29 is 9.59 Å². The fraction of sp³-hybridized carbons (Fsp3) is 0.0800. The fourth-order valence-corrected chi connectivity index (χ4v) is 4.66. The van der Waals surface area contributed by atoms with Gasteiger partial charge in [0.15, 0.2) is 0 Å². The molecule has 164 valence electrons. The van der Waals surface area contributed by atoms with Crippen LogP contribution in [-0.4, -0.2) is 27.7 Å². The molecule has 6 nitrogen and oxygen atoms in total. The van der Waals surface area contributed by atoms with Crippen LogP contribution in [0.25, 0.3) is 21.0 Å². The van der Waals surface area contributed by atoms with Gasteiger partial charge in [-0.1, -0.05) is 29.8 Å². The van der Waals surface area contributed by atoms with Crippen molar-refractivity contribution in [2.75, 3.05) is 11.9 Å². The lowest BCUT2D eigenvalue weighted by Gasteiger charge is -2.07. The van der Waals surface area contributed by atoms with E-state index in [2.05, 4.69) is 20.0 Å². The Hall–Kier alpha value is -3.68. The van der Waals surface area contributed by atoms with E-state index in [1.807, 2.05) is 48.7 Å². The summed E-state index contributed by atoms with van der Waals surface area (Å²) in [5, 5.41) is 8.35. The SMILES string of the molecule is O=C(NCCc1c[nH]c2ccc(Cl)cc12)c1ccc(NC(=O)c2nsc3ccccc23)cc1. The number of hydrogen-bond donors (Lipinski definition) is 3. The lowest BCUT2D eigenvalue weighted by Crippen LogP contribution is -2.25. The number of nitrogens with zero attached hydrogens (tertiary/aromatic N) is 1. The summed E-state index contributed by atoms with van der Waals surface area (Å²) in [6.45, 7) is 0.494. The number of halogens is 1. The molecule has 5 rings (SSSR count). The smallest absolute Gasteiger partial charge is 0.276 e. The average molecular weight is 475 g/mol. The predicted molar refractivity (Wildman–Crippen MR) is 133 cm³/mol. The number of rotatable bonds is 6. The van der Waals surface area contributed by atoms with Crippen LogP contribution in [0.3, 0.4) is 0 Å². The average Bonchev–Trinajstić information content (AvgIpc) is 3.43. The number of nitrogens with one attached hydrogen (secondary N) is 3. The third-order valence-corrected chi connectivity index (χ3v) is 6.47. The first kappa shape index (κ1) is 21.2. The molecular weight excluding hydrogens is 456 g/mol. The Kier molecular flexibility index (Phi) is 5.81. The summed E-state index contributed by atoms with van der Waals surface area (Å²) in [5.74, 6) is -0.445. The van der Waals surface area contributed by atoms with Crippen LogP contribution in [0, 0.1) is 0 Å². The molecule has 0 aliphatic rings. The normalized spacial score (nSPS) is 11.1. The zero-order valence-electron chi connectivity index (χ0n) is 17.4. The van der Waals surface area contributed by atoms with Crippen molar-refractivity contribution >= 4 is 61.6 Å². The monoisotopic (exact) mass is 474 g/mol. The van der Waals surface area contributed by atoms with E-state index >= 15 is 0 Å². The minimum absolute atomic E-state index is 0.170. The van der Waals surface area contributed by atoms with Gasteiger partial charge in [0, 0.05) is 45.3 Å². The third-order valence-electron chi connectivity index (χ3n) is 5.41. The number of fused-ring (bicyclic) bond motifs is 2. The Bertz CT molecular complexity index is 1470. The molecule has 3 N–H and O–H groups in total.